The maximum atomic E-state index is 11.3. The fourth-order valence-corrected chi connectivity index (χ4v) is 2.93. The lowest BCUT2D eigenvalue weighted by Gasteiger charge is -2.09. The van der Waals surface area contributed by atoms with Gasteiger partial charge >= 0.3 is 0 Å². The molecule has 162 valence electrons. The second-order valence-corrected chi connectivity index (χ2v) is 7.07. The van der Waals surface area contributed by atoms with Crippen molar-refractivity contribution in [3.8, 4) is 5.88 Å². The lowest BCUT2D eigenvalue weighted by atomic mass is 10.1. The maximum Gasteiger partial charge on any atom is 0.247 e. The SMILES string of the molecule is BCC(=O)NCCCn1cnc2c(OCc3ccc(CNC(C)=O)cc3)nc(N)nc21. The molecule has 0 aliphatic heterocycles. The van der Waals surface area contributed by atoms with Gasteiger partial charge in [0, 0.05) is 26.6 Å². The minimum atomic E-state index is -0.0667. The van der Waals surface area contributed by atoms with Crippen molar-refractivity contribution in [2.45, 2.75) is 39.4 Å². The number of amides is 2. The summed E-state index contributed by atoms with van der Waals surface area (Å²) < 4.78 is 7.75. The molecule has 0 saturated carbocycles. The molecule has 0 spiro atoms. The van der Waals surface area contributed by atoms with Gasteiger partial charge in [-0.3, -0.25) is 9.59 Å². The van der Waals surface area contributed by atoms with Crippen molar-refractivity contribution in [3.63, 3.8) is 0 Å². The van der Waals surface area contributed by atoms with Crippen molar-refractivity contribution >= 4 is 36.8 Å². The van der Waals surface area contributed by atoms with Crippen LogP contribution in [0.1, 0.15) is 24.5 Å². The van der Waals surface area contributed by atoms with E-state index in [4.69, 9.17) is 10.5 Å². The van der Waals surface area contributed by atoms with Gasteiger partial charge in [-0.1, -0.05) is 24.3 Å². The smallest absolute Gasteiger partial charge is 0.247 e. The Hall–Kier alpha value is -3.63. The van der Waals surface area contributed by atoms with E-state index in [2.05, 4.69) is 25.6 Å². The van der Waals surface area contributed by atoms with E-state index >= 15 is 0 Å². The molecule has 10 nitrogen and oxygen atoms in total. The van der Waals surface area contributed by atoms with Crippen molar-refractivity contribution in [1.29, 1.82) is 0 Å². The number of carbonyl (C=O) groups excluding carboxylic acids is 2. The van der Waals surface area contributed by atoms with Gasteiger partial charge in [0.15, 0.2) is 11.2 Å². The Bertz CT molecular complexity index is 1050. The van der Waals surface area contributed by atoms with Gasteiger partial charge in [0.25, 0.3) is 0 Å². The highest BCUT2D eigenvalue weighted by Crippen LogP contribution is 2.23. The number of anilines is 1. The van der Waals surface area contributed by atoms with Gasteiger partial charge in [0.05, 0.1) is 6.33 Å². The molecule has 3 rings (SSSR count). The highest BCUT2D eigenvalue weighted by molar-refractivity contribution is 6.19. The fraction of sp³-hybridized carbons (Fsp3) is 0.350. The molecule has 0 unspecified atom stereocenters. The van der Waals surface area contributed by atoms with Crippen LogP contribution in [0.3, 0.4) is 0 Å². The third-order valence-corrected chi connectivity index (χ3v) is 4.61. The summed E-state index contributed by atoms with van der Waals surface area (Å²) in [5.74, 6) is 0.390. The molecule has 4 N–H and O–H groups in total. The van der Waals surface area contributed by atoms with E-state index in [1.54, 1.807) is 6.33 Å². The van der Waals surface area contributed by atoms with E-state index in [-0.39, 0.29) is 17.8 Å². The van der Waals surface area contributed by atoms with Gasteiger partial charge in [0.2, 0.25) is 23.6 Å². The average molecular weight is 423 g/mol. The number of fused-ring (bicyclic) bond motifs is 1. The normalized spacial score (nSPS) is 10.7. The second-order valence-electron chi connectivity index (χ2n) is 7.07. The molecule has 0 bridgehead atoms. The molecule has 2 aromatic heterocycles. The lowest BCUT2D eigenvalue weighted by Crippen LogP contribution is -2.24. The molecule has 0 atom stereocenters. The van der Waals surface area contributed by atoms with Gasteiger partial charge in [-0.15, -0.1) is 0 Å². The van der Waals surface area contributed by atoms with Crippen LogP contribution in [0.5, 0.6) is 5.88 Å². The number of nitrogen functional groups attached to an aromatic ring is 1. The molecule has 0 radical (unpaired) electrons. The zero-order chi connectivity index (χ0) is 22.2. The molecule has 0 aliphatic rings. The molecule has 2 amide bonds. The molecule has 0 aliphatic carbocycles. The Morgan fingerprint density at radius 3 is 2.61 bits per heavy atom. The molecule has 31 heavy (non-hydrogen) atoms. The van der Waals surface area contributed by atoms with E-state index in [0.717, 1.165) is 17.5 Å². The average Bonchev–Trinajstić information content (AvgIpc) is 3.16. The van der Waals surface area contributed by atoms with Crippen LogP contribution in [0, 0.1) is 0 Å². The van der Waals surface area contributed by atoms with E-state index < -0.39 is 0 Å². The van der Waals surface area contributed by atoms with Crippen molar-refractivity contribution in [1.82, 2.24) is 30.2 Å². The first-order chi connectivity index (χ1) is 15.0. The third kappa shape index (κ3) is 6.18. The Kier molecular flexibility index (Phi) is 7.42. The summed E-state index contributed by atoms with van der Waals surface area (Å²) in [7, 11) is 1.82. The number of aromatic nitrogens is 4. The summed E-state index contributed by atoms with van der Waals surface area (Å²) in [6, 6.07) is 7.74. The number of carbonyl (C=O) groups is 2. The van der Waals surface area contributed by atoms with Crippen molar-refractivity contribution in [2.75, 3.05) is 12.3 Å². The topological polar surface area (TPSA) is 137 Å². The monoisotopic (exact) mass is 423 g/mol. The van der Waals surface area contributed by atoms with E-state index in [9.17, 15) is 9.59 Å². The molecular weight excluding hydrogens is 397 g/mol. The molecule has 3 aromatic rings. The first-order valence-corrected chi connectivity index (χ1v) is 10.2. The molecular formula is C20H26BN7O3. The zero-order valence-corrected chi connectivity index (χ0v) is 17.7. The number of hydrogen-bond acceptors (Lipinski definition) is 7. The number of ether oxygens (including phenoxy) is 1. The lowest BCUT2D eigenvalue weighted by molar-refractivity contribution is -0.119. The van der Waals surface area contributed by atoms with Crippen LogP contribution in [0.4, 0.5) is 5.95 Å². The van der Waals surface area contributed by atoms with Gasteiger partial charge in [0.1, 0.15) is 14.5 Å². The number of nitrogens with two attached hydrogens (primary N) is 1. The standard InChI is InChI=1S/C20H26BN7O3/c1-13(29)24-10-14-3-5-15(6-4-14)11-31-19-17-18(26-20(22)27-19)28(12-25-17)8-2-7-23-16(30)9-21/h3-6,12H,2,7-11,21H2,1H3,(H,23,30)(H,24,29)(H2,22,26,27). The molecule has 11 heteroatoms. The summed E-state index contributed by atoms with van der Waals surface area (Å²) >= 11 is 0. The van der Waals surface area contributed by atoms with Crippen LogP contribution in [-0.2, 0) is 29.3 Å². The van der Waals surface area contributed by atoms with Gasteiger partial charge in [-0.2, -0.15) is 9.97 Å². The molecule has 0 fully saturated rings. The number of hydrogen-bond donors (Lipinski definition) is 3. The first kappa shape index (κ1) is 22.1. The van der Waals surface area contributed by atoms with Crippen molar-refractivity contribution in [3.05, 3.63) is 41.7 Å². The van der Waals surface area contributed by atoms with Crippen LogP contribution in [-0.4, -0.2) is 45.7 Å². The number of rotatable bonds is 10. The minimum Gasteiger partial charge on any atom is -0.471 e. The van der Waals surface area contributed by atoms with Crippen LogP contribution in [0.15, 0.2) is 30.6 Å². The van der Waals surface area contributed by atoms with E-state index in [1.807, 2.05) is 36.7 Å². The summed E-state index contributed by atoms with van der Waals surface area (Å²) in [6.45, 7) is 3.48. The second kappa shape index (κ2) is 10.4. The summed E-state index contributed by atoms with van der Waals surface area (Å²) in [5.41, 5.74) is 8.95. The van der Waals surface area contributed by atoms with Crippen LogP contribution >= 0.6 is 0 Å². The third-order valence-electron chi connectivity index (χ3n) is 4.61. The van der Waals surface area contributed by atoms with Gasteiger partial charge in [-0.25, -0.2) is 4.98 Å². The van der Waals surface area contributed by atoms with Gasteiger partial charge < -0.3 is 25.7 Å². The number of aryl methyl sites for hydroxylation is 1. The van der Waals surface area contributed by atoms with E-state index in [1.165, 1.54) is 6.92 Å². The number of imidazole rings is 1. The number of nitrogens with zero attached hydrogens (tertiary/aromatic N) is 4. The Labute approximate surface area is 181 Å². The Morgan fingerprint density at radius 2 is 1.90 bits per heavy atom. The van der Waals surface area contributed by atoms with Gasteiger partial charge in [-0.05, 0) is 23.9 Å². The van der Waals surface area contributed by atoms with E-state index in [0.29, 0.717) is 49.6 Å². The summed E-state index contributed by atoms with van der Waals surface area (Å²) in [5, 5.41) is 5.61. The largest absolute Gasteiger partial charge is 0.471 e. The molecule has 2 heterocycles. The number of benzene rings is 1. The first-order valence-electron chi connectivity index (χ1n) is 10.2. The van der Waals surface area contributed by atoms with Crippen molar-refractivity contribution in [2.24, 2.45) is 0 Å². The fourth-order valence-electron chi connectivity index (χ4n) is 2.93. The highest BCUT2D eigenvalue weighted by Gasteiger charge is 2.14. The van der Waals surface area contributed by atoms with Crippen molar-refractivity contribution < 1.29 is 14.3 Å². The summed E-state index contributed by atoms with van der Waals surface area (Å²) in [4.78, 5) is 35.2. The van der Waals surface area contributed by atoms with Crippen LogP contribution in [0.25, 0.3) is 11.2 Å². The van der Waals surface area contributed by atoms with Crippen LogP contribution < -0.4 is 21.1 Å². The Balaban J connectivity index is 1.63. The molecule has 1 aromatic carbocycles. The zero-order valence-electron chi connectivity index (χ0n) is 17.7. The van der Waals surface area contributed by atoms with Crippen LogP contribution in [0.2, 0.25) is 6.32 Å². The number of nitrogens with one attached hydrogen (secondary N) is 2. The minimum absolute atomic E-state index is 0.0286. The Morgan fingerprint density at radius 1 is 1.16 bits per heavy atom. The summed E-state index contributed by atoms with van der Waals surface area (Å²) in [6.07, 6.45) is 2.88. The predicted octanol–water partition coefficient (Wildman–Crippen LogP) is 0.181. The highest BCUT2D eigenvalue weighted by atomic mass is 16.5. The predicted molar refractivity (Wildman–Crippen MR) is 119 cm³/mol. The molecule has 0 saturated heterocycles. The quantitative estimate of drug-likeness (QED) is 0.313. The maximum absolute atomic E-state index is 11.3.